The Balaban J connectivity index is 1.61. The predicted molar refractivity (Wildman–Crippen MR) is 64.0 cm³/mol. The second kappa shape index (κ2) is 3.90. The van der Waals surface area contributed by atoms with Crippen molar-refractivity contribution in [3.8, 4) is 5.75 Å². The molecule has 3 rings (SSSR count). The Kier molecular flexibility index (Phi) is 2.49. The lowest BCUT2D eigenvalue weighted by molar-refractivity contribution is 0.367. The van der Waals surface area contributed by atoms with Crippen LogP contribution in [-0.2, 0) is 6.42 Å². The van der Waals surface area contributed by atoms with Crippen molar-refractivity contribution in [1.82, 2.24) is 0 Å². The molecule has 0 atom stereocenters. The van der Waals surface area contributed by atoms with E-state index in [0.717, 1.165) is 24.8 Å². The summed E-state index contributed by atoms with van der Waals surface area (Å²) in [7, 11) is 0. The first-order valence-electron chi connectivity index (χ1n) is 6.48. The van der Waals surface area contributed by atoms with Crippen molar-refractivity contribution in [3.05, 3.63) is 28.3 Å². The minimum Gasteiger partial charge on any atom is -0.508 e. The van der Waals surface area contributed by atoms with Crippen LogP contribution in [0.1, 0.15) is 44.3 Å². The standard InChI is InChI=1S/C14H18O3/c15-11-7-12(17-13(16)8-11)3-4-14(5-6-14)9-10-1-2-10/h7-8,10,15H,1-6,9H2. The summed E-state index contributed by atoms with van der Waals surface area (Å²) < 4.78 is 5.09. The fourth-order valence-electron chi connectivity index (χ4n) is 2.69. The molecule has 2 fully saturated rings. The van der Waals surface area contributed by atoms with E-state index >= 15 is 0 Å². The summed E-state index contributed by atoms with van der Waals surface area (Å²) in [4.78, 5) is 11.1. The fourth-order valence-corrected chi connectivity index (χ4v) is 2.69. The van der Waals surface area contributed by atoms with Gasteiger partial charge >= 0.3 is 5.63 Å². The summed E-state index contributed by atoms with van der Waals surface area (Å²) in [5, 5.41) is 9.33. The Bertz CT molecular complexity index is 467. The van der Waals surface area contributed by atoms with E-state index in [4.69, 9.17) is 4.42 Å². The van der Waals surface area contributed by atoms with Gasteiger partial charge in [0.15, 0.2) is 0 Å². The third-order valence-corrected chi connectivity index (χ3v) is 4.08. The summed E-state index contributed by atoms with van der Waals surface area (Å²) in [5.74, 6) is 1.61. The molecule has 0 unspecified atom stereocenters. The van der Waals surface area contributed by atoms with E-state index in [1.165, 1.54) is 32.1 Å². The lowest BCUT2D eigenvalue weighted by Gasteiger charge is -2.13. The Labute approximate surface area is 100 Å². The van der Waals surface area contributed by atoms with Gasteiger partial charge in [-0.1, -0.05) is 12.8 Å². The first-order valence-corrected chi connectivity index (χ1v) is 6.48. The topological polar surface area (TPSA) is 50.4 Å². The van der Waals surface area contributed by atoms with Crippen LogP contribution in [0.5, 0.6) is 5.75 Å². The van der Waals surface area contributed by atoms with Crippen molar-refractivity contribution >= 4 is 0 Å². The predicted octanol–water partition coefficient (Wildman–Crippen LogP) is 2.86. The molecule has 0 amide bonds. The van der Waals surface area contributed by atoms with Gasteiger partial charge in [0.1, 0.15) is 11.5 Å². The highest BCUT2D eigenvalue weighted by molar-refractivity contribution is 5.18. The number of hydrogen-bond acceptors (Lipinski definition) is 3. The van der Waals surface area contributed by atoms with E-state index in [-0.39, 0.29) is 5.75 Å². The van der Waals surface area contributed by atoms with Gasteiger partial charge in [-0.15, -0.1) is 0 Å². The van der Waals surface area contributed by atoms with E-state index in [1.807, 2.05) is 0 Å². The van der Waals surface area contributed by atoms with Gasteiger partial charge in [-0.05, 0) is 37.0 Å². The molecule has 2 saturated carbocycles. The normalized spacial score (nSPS) is 21.4. The summed E-state index contributed by atoms with van der Waals surface area (Å²) in [6, 6.07) is 2.68. The molecule has 1 aromatic heterocycles. The van der Waals surface area contributed by atoms with E-state index in [9.17, 15) is 9.90 Å². The number of aryl methyl sites for hydroxylation is 1. The van der Waals surface area contributed by atoms with E-state index < -0.39 is 5.63 Å². The molecule has 0 radical (unpaired) electrons. The molecule has 3 heteroatoms. The van der Waals surface area contributed by atoms with Gasteiger partial charge in [-0.2, -0.15) is 0 Å². The monoisotopic (exact) mass is 234 g/mol. The third kappa shape index (κ3) is 2.71. The molecular weight excluding hydrogens is 216 g/mol. The maximum absolute atomic E-state index is 11.1. The van der Waals surface area contributed by atoms with Crippen LogP contribution in [0.2, 0.25) is 0 Å². The zero-order valence-electron chi connectivity index (χ0n) is 9.95. The average molecular weight is 234 g/mol. The van der Waals surface area contributed by atoms with Crippen LogP contribution in [0.3, 0.4) is 0 Å². The minimum atomic E-state index is -0.452. The molecule has 1 heterocycles. The molecule has 0 saturated heterocycles. The number of aromatic hydroxyl groups is 1. The van der Waals surface area contributed by atoms with Crippen molar-refractivity contribution in [2.45, 2.75) is 44.9 Å². The highest BCUT2D eigenvalue weighted by atomic mass is 16.4. The molecule has 2 aliphatic carbocycles. The Morgan fingerprint density at radius 3 is 2.71 bits per heavy atom. The smallest absolute Gasteiger partial charge is 0.339 e. The van der Waals surface area contributed by atoms with E-state index in [2.05, 4.69) is 0 Å². The largest absolute Gasteiger partial charge is 0.508 e. The van der Waals surface area contributed by atoms with Gasteiger partial charge < -0.3 is 9.52 Å². The number of rotatable bonds is 5. The van der Waals surface area contributed by atoms with Gasteiger partial charge in [0.2, 0.25) is 0 Å². The van der Waals surface area contributed by atoms with Crippen molar-refractivity contribution in [1.29, 1.82) is 0 Å². The van der Waals surface area contributed by atoms with Crippen LogP contribution in [-0.4, -0.2) is 5.11 Å². The molecule has 0 aliphatic heterocycles. The summed E-state index contributed by atoms with van der Waals surface area (Å²) >= 11 is 0. The zero-order valence-corrected chi connectivity index (χ0v) is 9.95. The highest BCUT2D eigenvalue weighted by Crippen LogP contribution is 2.57. The Hall–Kier alpha value is -1.25. The van der Waals surface area contributed by atoms with Crippen LogP contribution in [0, 0.1) is 11.3 Å². The second-order valence-corrected chi connectivity index (χ2v) is 5.75. The van der Waals surface area contributed by atoms with E-state index in [1.54, 1.807) is 6.07 Å². The van der Waals surface area contributed by atoms with Gasteiger partial charge in [0.25, 0.3) is 0 Å². The van der Waals surface area contributed by atoms with Crippen LogP contribution < -0.4 is 5.63 Å². The van der Waals surface area contributed by atoms with Gasteiger partial charge in [-0.3, -0.25) is 0 Å². The van der Waals surface area contributed by atoms with Gasteiger partial charge in [0.05, 0.1) is 6.07 Å². The molecule has 92 valence electrons. The van der Waals surface area contributed by atoms with Crippen molar-refractivity contribution in [2.75, 3.05) is 0 Å². The molecule has 1 aromatic rings. The van der Waals surface area contributed by atoms with Gasteiger partial charge in [0, 0.05) is 12.5 Å². The van der Waals surface area contributed by atoms with Crippen molar-refractivity contribution in [2.24, 2.45) is 11.3 Å². The van der Waals surface area contributed by atoms with Crippen LogP contribution in [0.25, 0.3) is 0 Å². The molecule has 2 aliphatic rings. The lowest BCUT2D eigenvalue weighted by atomic mass is 9.93. The fraction of sp³-hybridized carbons (Fsp3) is 0.643. The van der Waals surface area contributed by atoms with Crippen LogP contribution in [0.15, 0.2) is 21.3 Å². The second-order valence-electron chi connectivity index (χ2n) is 5.75. The molecule has 0 spiro atoms. The first-order chi connectivity index (χ1) is 8.15. The zero-order chi connectivity index (χ0) is 11.9. The quantitative estimate of drug-likeness (QED) is 0.852. The molecule has 1 N–H and O–H groups in total. The van der Waals surface area contributed by atoms with Crippen molar-refractivity contribution in [3.63, 3.8) is 0 Å². The molecule has 0 bridgehead atoms. The lowest BCUT2D eigenvalue weighted by Crippen LogP contribution is -2.05. The average Bonchev–Trinajstić information content (AvgIpc) is 3.14. The third-order valence-electron chi connectivity index (χ3n) is 4.08. The summed E-state index contributed by atoms with van der Waals surface area (Å²) in [6.45, 7) is 0. The highest BCUT2D eigenvalue weighted by Gasteiger charge is 2.45. The van der Waals surface area contributed by atoms with Crippen LogP contribution >= 0.6 is 0 Å². The Morgan fingerprint density at radius 1 is 1.35 bits per heavy atom. The number of hydrogen-bond donors (Lipinski definition) is 1. The van der Waals surface area contributed by atoms with Crippen molar-refractivity contribution < 1.29 is 9.52 Å². The molecule has 3 nitrogen and oxygen atoms in total. The van der Waals surface area contributed by atoms with Crippen LogP contribution in [0.4, 0.5) is 0 Å². The molecule has 0 aromatic carbocycles. The maximum Gasteiger partial charge on any atom is 0.339 e. The Morgan fingerprint density at radius 2 is 2.12 bits per heavy atom. The summed E-state index contributed by atoms with van der Waals surface area (Å²) in [6.07, 6.45) is 8.69. The first kappa shape index (κ1) is 10.9. The maximum atomic E-state index is 11.1. The van der Waals surface area contributed by atoms with E-state index in [0.29, 0.717) is 11.2 Å². The summed E-state index contributed by atoms with van der Waals surface area (Å²) in [5.41, 5.74) is 0.0811. The molecular formula is C14H18O3. The SMILES string of the molecule is O=c1cc(O)cc(CCC2(CC3CC3)CC2)o1. The molecule has 17 heavy (non-hydrogen) atoms. The minimum absolute atomic E-state index is 0.0169. The van der Waals surface area contributed by atoms with Gasteiger partial charge in [-0.25, -0.2) is 4.79 Å².